The van der Waals surface area contributed by atoms with Gasteiger partial charge in [0.05, 0.1) is 17.8 Å². The van der Waals surface area contributed by atoms with Crippen LogP contribution in [0.4, 0.5) is 5.69 Å². The average Bonchev–Trinajstić information content (AvgIpc) is 2.74. The zero-order chi connectivity index (χ0) is 21.3. The molecular weight excluding hydrogens is 390 g/mol. The third kappa shape index (κ3) is 5.73. The molecule has 2 aromatic rings. The fourth-order valence-corrected chi connectivity index (χ4v) is 3.54. The summed E-state index contributed by atoms with van der Waals surface area (Å²) < 4.78 is 5.54. The van der Waals surface area contributed by atoms with Crippen LogP contribution in [0.25, 0.3) is 10.9 Å². The Hall–Kier alpha value is -3.07. The summed E-state index contributed by atoms with van der Waals surface area (Å²) in [4.78, 5) is 42.8. The molecule has 0 spiro atoms. The number of pyridine rings is 1. The van der Waals surface area contributed by atoms with Crippen molar-refractivity contribution in [2.24, 2.45) is 0 Å². The van der Waals surface area contributed by atoms with Crippen molar-refractivity contribution in [1.82, 2.24) is 4.98 Å². The van der Waals surface area contributed by atoms with E-state index in [2.05, 4.69) is 16.2 Å². The van der Waals surface area contributed by atoms with Crippen molar-refractivity contribution in [3.8, 4) is 0 Å². The molecule has 0 saturated carbocycles. The number of amides is 1. The van der Waals surface area contributed by atoms with Crippen LogP contribution in [0.15, 0.2) is 24.3 Å². The molecule has 30 heavy (non-hydrogen) atoms. The zero-order valence-corrected chi connectivity index (χ0v) is 16.7. The maximum Gasteiger partial charge on any atom is 0.294 e. The lowest BCUT2D eigenvalue weighted by atomic mass is 9.94. The summed E-state index contributed by atoms with van der Waals surface area (Å²) in [6, 6.07) is 7.76. The molecule has 9 heteroatoms. The van der Waals surface area contributed by atoms with Crippen LogP contribution in [-0.4, -0.2) is 41.6 Å². The monoisotopic (exact) mass is 415 g/mol. The molecule has 1 unspecified atom stereocenters. The van der Waals surface area contributed by atoms with Crippen molar-refractivity contribution in [3.05, 3.63) is 45.6 Å². The van der Waals surface area contributed by atoms with Gasteiger partial charge in [0.1, 0.15) is 12.4 Å². The van der Waals surface area contributed by atoms with Crippen LogP contribution < -0.4 is 5.32 Å². The fraction of sp³-hybridized carbons (Fsp3) is 0.476. The summed E-state index contributed by atoms with van der Waals surface area (Å²) in [7, 11) is 0. The molecule has 1 aliphatic rings. The molecule has 1 aromatic carbocycles. The van der Waals surface area contributed by atoms with E-state index in [1.807, 2.05) is 12.1 Å². The van der Waals surface area contributed by atoms with Gasteiger partial charge in [-0.1, -0.05) is 12.1 Å². The van der Waals surface area contributed by atoms with Crippen LogP contribution in [0.2, 0.25) is 0 Å². The molecule has 160 valence electrons. The number of nitrogens with zero attached hydrogens (tertiary/aromatic N) is 2. The molecule has 0 fully saturated rings. The first-order chi connectivity index (χ1) is 14.6. The van der Waals surface area contributed by atoms with Gasteiger partial charge in [0.2, 0.25) is 0 Å². The van der Waals surface area contributed by atoms with Crippen LogP contribution in [0, 0.1) is 10.1 Å². The summed E-state index contributed by atoms with van der Waals surface area (Å²) in [5.74, 6) is -0.421. The number of carbonyl (C=O) groups excluding carboxylic acids is 2. The molecule has 3 rings (SSSR count). The summed E-state index contributed by atoms with van der Waals surface area (Å²) in [6.45, 7) is 0.154. The molecule has 0 aliphatic heterocycles. The summed E-state index contributed by atoms with van der Waals surface area (Å²) in [5.41, 5.74) is 3.66. The Morgan fingerprint density at radius 2 is 2.07 bits per heavy atom. The third-order valence-corrected chi connectivity index (χ3v) is 5.04. The molecule has 1 aromatic heterocycles. The van der Waals surface area contributed by atoms with E-state index in [0.717, 1.165) is 35.9 Å². The maximum atomic E-state index is 12.7. The lowest BCUT2D eigenvalue weighted by molar-refractivity contribution is -0.757. The van der Waals surface area contributed by atoms with Crippen molar-refractivity contribution in [2.75, 3.05) is 18.5 Å². The molecule has 9 nitrogen and oxygen atoms in total. The Balaban J connectivity index is 1.64. The first-order valence-electron chi connectivity index (χ1n) is 10.1. The van der Waals surface area contributed by atoms with E-state index in [1.54, 1.807) is 6.07 Å². The van der Waals surface area contributed by atoms with E-state index in [1.165, 1.54) is 12.0 Å². The minimum Gasteiger partial charge on any atom is -0.368 e. The Labute approximate surface area is 173 Å². The number of benzene rings is 1. The van der Waals surface area contributed by atoms with Crippen molar-refractivity contribution in [1.29, 1.82) is 0 Å². The number of aromatic nitrogens is 1. The van der Waals surface area contributed by atoms with Gasteiger partial charge in [-0.05, 0) is 56.2 Å². The summed E-state index contributed by atoms with van der Waals surface area (Å²) >= 11 is 0. The highest BCUT2D eigenvalue weighted by molar-refractivity contribution is 6.02. The normalized spacial score (nSPS) is 14.0. The molecule has 1 heterocycles. The highest BCUT2D eigenvalue weighted by atomic mass is 16.9. The minimum atomic E-state index is -0.938. The average molecular weight is 415 g/mol. The smallest absolute Gasteiger partial charge is 0.294 e. The Bertz CT molecular complexity index is 917. The van der Waals surface area contributed by atoms with Gasteiger partial charge in [0.15, 0.2) is 0 Å². The first-order valence-corrected chi connectivity index (χ1v) is 10.1. The number of aldehydes is 1. The first kappa shape index (κ1) is 21.6. The molecular formula is C21H25N3O6. The van der Waals surface area contributed by atoms with Gasteiger partial charge in [-0.15, -0.1) is 10.1 Å². The van der Waals surface area contributed by atoms with Crippen LogP contribution in [0.3, 0.4) is 0 Å². The number of aryl methyl sites for hydroxylation is 2. The Morgan fingerprint density at radius 3 is 2.87 bits per heavy atom. The SMILES string of the molecule is O=CCC(OCCCCO[N+](=O)[O-])C(=O)Nc1cccc2cc3c(nc12)CCCC3. The number of hydrogen-bond donors (Lipinski definition) is 1. The molecule has 1 amide bonds. The molecule has 1 aliphatic carbocycles. The second kappa shape index (κ2) is 10.6. The molecule has 1 N–H and O–H groups in total. The van der Waals surface area contributed by atoms with E-state index >= 15 is 0 Å². The van der Waals surface area contributed by atoms with Gasteiger partial charge in [0, 0.05) is 24.1 Å². The van der Waals surface area contributed by atoms with Gasteiger partial charge in [-0.2, -0.15) is 0 Å². The summed E-state index contributed by atoms with van der Waals surface area (Å²) in [6.07, 6.45) is 4.74. The van der Waals surface area contributed by atoms with E-state index in [4.69, 9.17) is 9.72 Å². The maximum absolute atomic E-state index is 12.7. The zero-order valence-electron chi connectivity index (χ0n) is 16.7. The van der Waals surface area contributed by atoms with Crippen LogP contribution >= 0.6 is 0 Å². The number of para-hydroxylation sites is 1. The quantitative estimate of drug-likeness (QED) is 0.259. The second-order valence-corrected chi connectivity index (χ2v) is 7.19. The van der Waals surface area contributed by atoms with Crippen molar-refractivity contribution in [3.63, 3.8) is 0 Å². The van der Waals surface area contributed by atoms with Crippen molar-refractivity contribution >= 4 is 28.8 Å². The number of unbranched alkanes of at least 4 members (excludes halogenated alkanes) is 1. The van der Waals surface area contributed by atoms with Gasteiger partial charge in [-0.25, -0.2) is 0 Å². The van der Waals surface area contributed by atoms with Gasteiger partial charge >= 0.3 is 0 Å². The second-order valence-electron chi connectivity index (χ2n) is 7.19. The lowest BCUT2D eigenvalue weighted by Gasteiger charge is -2.18. The number of hydrogen-bond acceptors (Lipinski definition) is 7. The van der Waals surface area contributed by atoms with E-state index in [-0.39, 0.29) is 19.6 Å². The number of rotatable bonds is 11. The molecule has 1 atom stereocenters. The molecule has 0 bridgehead atoms. The van der Waals surface area contributed by atoms with Crippen LogP contribution in [0.5, 0.6) is 0 Å². The number of nitrogens with one attached hydrogen (secondary N) is 1. The largest absolute Gasteiger partial charge is 0.368 e. The fourth-order valence-electron chi connectivity index (χ4n) is 3.54. The number of ether oxygens (including phenoxy) is 1. The number of anilines is 1. The predicted octanol–water partition coefficient (Wildman–Crippen LogP) is 3.01. The minimum absolute atomic E-state index is 0.0348. The van der Waals surface area contributed by atoms with Crippen LogP contribution in [0.1, 0.15) is 43.4 Å². The molecule has 0 radical (unpaired) electrons. The highest BCUT2D eigenvalue weighted by Gasteiger charge is 2.20. The topological polar surface area (TPSA) is 121 Å². The standard InChI is InChI=1S/C21H25N3O6/c25-11-10-19(29-12-3-4-13-30-24(27)28)21(26)23-18-9-5-7-16-14-15-6-1-2-8-17(15)22-20(16)18/h5,7,9,11,14,19H,1-4,6,8,10,12-13H2,(H,23,26). The third-order valence-electron chi connectivity index (χ3n) is 5.04. The van der Waals surface area contributed by atoms with Gasteiger partial charge in [-0.3, -0.25) is 9.78 Å². The number of carbonyl (C=O) groups is 2. The van der Waals surface area contributed by atoms with Crippen molar-refractivity contribution < 1.29 is 24.3 Å². The predicted molar refractivity (Wildman–Crippen MR) is 110 cm³/mol. The number of fused-ring (bicyclic) bond motifs is 2. The molecule has 0 saturated heterocycles. The Morgan fingerprint density at radius 1 is 1.27 bits per heavy atom. The lowest BCUT2D eigenvalue weighted by Crippen LogP contribution is -2.31. The van der Waals surface area contributed by atoms with E-state index < -0.39 is 17.1 Å². The van der Waals surface area contributed by atoms with Gasteiger partial charge < -0.3 is 19.7 Å². The summed E-state index contributed by atoms with van der Waals surface area (Å²) in [5, 5.41) is 13.1. The van der Waals surface area contributed by atoms with E-state index in [9.17, 15) is 19.7 Å². The van der Waals surface area contributed by atoms with E-state index in [0.29, 0.717) is 24.8 Å². The van der Waals surface area contributed by atoms with Crippen LogP contribution in [-0.2, 0) is 32.0 Å². The highest BCUT2D eigenvalue weighted by Crippen LogP contribution is 2.28. The van der Waals surface area contributed by atoms with Crippen molar-refractivity contribution in [2.45, 2.75) is 51.0 Å². The Kier molecular flexibility index (Phi) is 7.67. The van der Waals surface area contributed by atoms with Gasteiger partial charge in [0.25, 0.3) is 11.0 Å².